The molecule has 94 valence electrons. The molecule has 1 nitrogen and oxygen atoms in total. The molecule has 17 heavy (non-hydrogen) atoms. The topological polar surface area (TPSA) is 9.23 Å². The molecule has 1 aliphatic carbocycles. The first kappa shape index (κ1) is 12.9. The van der Waals surface area contributed by atoms with E-state index in [0.717, 1.165) is 25.5 Å². The van der Waals surface area contributed by atoms with Crippen LogP contribution in [0.4, 0.5) is 0 Å². The van der Waals surface area contributed by atoms with Crippen molar-refractivity contribution in [1.29, 1.82) is 0 Å². The summed E-state index contributed by atoms with van der Waals surface area (Å²) in [4.78, 5) is 0. The Labute approximate surface area is 109 Å². The van der Waals surface area contributed by atoms with E-state index in [-0.39, 0.29) is 0 Å². The van der Waals surface area contributed by atoms with Crippen molar-refractivity contribution in [2.75, 3.05) is 12.5 Å². The maximum Gasteiger partial charge on any atom is 0.0716 e. The Morgan fingerprint density at radius 1 is 1.12 bits per heavy atom. The first-order valence-electron chi connectivity index (χ1n) is 6.52. The highest BCUT2D eigenvalue weighted by Crippen LogP contribution is 2.41. The predicted octanol–water partition coefficient (Wildman–Crippen LogP) is 4.39. The Kier molecular flexibility index (Phi) is 4.87. The van der Waals surface area contributed by atoms with Crippen molar-refractivity contribution in [3.63, 3.8) is 0 Å². The molecule has 0 aromatic heterocycles. The van der Waals surface area contributed by atoms with Crippen LogP contribution in [0.1, 0.15) is 37.7 Å². The zero-order valence-electron chi connectivity index (χ0n) is 10.3. The molecule has 0 bridgehead atoms. The van der Waals surface area contributed by atoms with Crippen molar-refractivity contribution in [1.82, 2.24) is 0 Å². The molecule has 0 unspecified atom stereocenters. The summed E-state index contributed by atoms with van der Waals surface area (Å²) in [6, 6.07) is 10.3. The highest BCUT2D eigenvalue weighted by molar-refractivity contribution is 6.18. The van der Waals surface area contributed by atoms with Crippen LogP contribution >= 0.6 is 11.6 Å². The molecule has 1 aliphatic rings. The Bertz CT molecular complexity index is 317. The Morgan fingerprint density at radius 2 is 1.82 bits per heavy atom. The number of hydrogen-bond donors (Lipinski definition) is 0. The lowest BCUT2D eigenvalue weighted by Crippen LogP contribution is -2.20. The van der Waals surface area contributed by atoms with Gasteiger partial charge < -0.3 is 4.74 Å². The molecule has 0 N–H and O–H groups in total. The van der Waals surface area contributed by atoms with E-state index < -0.39 is 0 Å². The standard InChI is InChI=1S/C15H21ClO/c16-13-15(8-4-5-9-15)10-11-17-12-14-6-2-1-3-7-14/h1-3,6-7H,4-5,8-13H2. The van der Waals surface area contributed by atoms with Gasteiger partial charge in [0.1, 0.15) is 0 Å². The number of rotatable bonds is 6. The van der Waals surface area contributed by atoms with Crippen molar-refractivity contribution in [2.45, 2.75) is 38.7 Å². The normalized spacial score (nSPS) is 18.4. The summed E-state index contributed by atoms with van der Waals surface area (Å²) < 4.78 is 5.75. The monoisotopic (exact) mass is 252 g/mol. The highest BCUT2D eigenvalue weighted by atomic mass is 35.5. The quantitative estimate of drug-likeness (QED) is 0.539. The van der Waals surface area contributed by atoms with Crippen LogP contribution in [0.5, 0.6) is 0 Å². The van der Waals surface area contributed by atoms with Gasteiger partial charge in [-0.1, -0.05) is 43.2 Å². The van der Waals surface area contributed by atoms with Crippen LogP contribution in [-0.2, 0) is 11.3 Å². The number of ether oxygens (including phenoxy) is 1. The zero-order valence-corrected chi connectivity index (χ0v) is 11.1. The van der Waals surface area contributed by atoms with Crippen LogP contribution in [0.25, 0.3) is 0 Å². The largest absolute Gasteiger partial charge is 0.377 e. The van der Waals surface area contributed by atoms with E-state index in [4.69, 9.17) is 16.3 Å². The third-order valence-electron chi connectivity index (χ3n) is 3.84. The Balaban J connectivity index is 1.69. The zero-order chi connectivity index (χ0) is 12.0. The smallest absolute Gasteiger partial charge is 0.0716 e. The molecule has 1 aromatic carbocycles. The van der Waals surface area contributed by atoms with E-state index in [0.29, 0.717) is 5.41 Å². The van der Waals surface area contributed by atoms with E-state index in [1.165, 1.54) is 31.2 Å². The average Bonchev–Trinajstić information content (AvgIpc) is 2.85. The van der Waals surface area contributed by atoms with Gasteiger partial charge in [-0.3, -0.25) is 0 Å². The molecule has 2 rings (SSSR count). The number of halogens is 1. The molecule has 0 heterocycles. The molecule has 1 aromatic rings. The number of alkyl halides is 1. The van der Waals surface area contributed by atoms with Gasteiger partial charge in [0.15, 0.2) is 0 Å². The number of benzene rings is 1. The van der Waals surface area contributed by atoms with Crippen molar-refractivity contribution in [3.8, 4) is 0 Å². The summed E-state index contributed by atoms with van der Waals surface area (Å²) in [5.74, 6) is 0.793. The van der Waals surface area contributed by atoms with Crippen molar-refractivity contribution in [2.24, 2.45) is 5.41 Å². The maximum atomic E-state index is 6.10. The Morgan fingerprint density at radius 3 is 2.47 bits per heavy atom. The summed E-state index contributed by atoms with van der Waals surface area (Å²) in [5, 5.41) is 0. The fourth-order valence-corrected chi connectivity index (χ4v) is 3.03. The minimum Gasteiger partial charge on any atom is -0.377 e. The van der Waals surface area contributed by atoms with Gasteiger partial charge in [0.2, 0.25) is 0 Å². The van der Waals surface area contributed by atoms with Gasteiger partial charge >= 0.3 is 0 Å². The first-order chi connectivity index (χ1) is 8.35. The van der Waals surface area contributed by atoms with Gasteiger partial charge in [-0.2, -0.15) is 0 Å². The summed E-state index contributed by atoms with van der Waals surface area (Å²) in [6.45, 7) is 1.56. The molecule has 0 atom stereocenters. The maximum absolute atomic E-state index is 6.10. The second-order valence-electron chi connectivity index (χ2n) is 5.13. The summed E-state index contributed by atoms with van der Waals surface area (Å²) in [5.41, 5.74) is 1.62. The number of hydrogen-bond acceptors (Lipinski definition) is 1. The second-order valence-corrected chi connectivity index (χ2v) is 5.40. The minimum atomic E-state index is 0.373. The molecule has 1 saturated carbocycles. The van der Waals surface area contributed by atoms with Crippen LogP contribution in [0.2, 0.25) is 0 Å². The van der Waals surface area contributed by atoms with Crippen LogP contribution in [0.15, 0.2) is 30.3 Å². The van der Waals surface area contributed by atoms with E-state index in [1.807, 2.05) is 6.07 Å². The third-order valence-corrected chi connectivity index (χ3v) is 4.40. The summed E-state index contributed by atoms with van der Waals surface area (Å²) >= 11 is 6.10. The van der Waals surface area contributed by atoms with Gasteiger partial charge in [0.25, 0.3) is 0 Å². The molecular formula is C15H21ClO. The minimum absolute atomic E-state index is 0.373. The molecule has 1 fully saturated rings. The van der Waals surface area contributed by atoms with E-state index in [2.05, 4.69) is 24.3 Å². The van der Waals surface area contributed by atoms with E-state index in [9.17, 15) is 0 Å². The Hall–Kier alpha value is -0.530. The summed E-state index contributed by atoms with van der Waals surface area (Å²) in [7, 11) is 0. The van der Waals surface area contributed by atoms with E-state index in [1.54, 1.807) is 0 Å². The van der Waals surface area contributed by atoms with Crippen LogP contribution in [0.3, 0.4) is 0 Å². The molecule has 0 saturated heterocycles. The van der Waals surface area contributed by atoms with Crippen LogP contribution < -0.4 is 0 Å². The third kappa shape index (κ3) is 3.72. The molecule has 0 spiro atoms. The fraction of sp³-hybridized carbons (Fsp3) is 0.600. The van der Waals surface area contributed by atoms with E-state index >= 15 is 0 Å². The van der Waals surface area contributed by atoms with Crippen LogP contribution in [-0.4, -0.2) is 12.5 Å². The highest BCUT2D eigenvalue weighted by Gasteiger charge is 2.32. The van der Waals surface area contributed by atoms with Gasteiger partial charge in [-0.25, -0.2) is 0 Å². The predicted molar refractivity (Wildman–Crippen MR) is 72.3 cm³/mol. The van der Waals surface area contributed by atoms with Crippen molar-refractivity contribution < 1.29 is 4.74 Å². The lowest BCUT2D eigenvalue weighted by molar-refractivity contribution is 0.0900. The first-order valence-corrected chi connectivity index (χ1v) is 7.06. The molecule has 0 aliphatic heterocycles. The van der Waals surface area contributed by atoms with Crippen molar-refractivity contribution >= 4 is 11.6 Å². The lowest BCUT2D eigenvalue weighted by atomic mass is 9.85. The molecule has 0 amide bonds. The fourth-order valence-electron chi connectivity index (χ4n) is 2.63. The van der Waals surface area contributed by atoms with Gasteiger partial charge in [0, 0.05) is 12.5 Å². The SMILES string of the molecule is ClCC1(CCOCc2ccccc2)CCCC1. The van der Waals surface area contributed by atoms with Gasteiger partial charge in [-0.15, -0.1) is 11.6 Å². The van der Waals surface area contributed by atoms with Crippen molar-refractivity contribution in [3.05, 3.63) is 35.9 Å². The molecule has 0 radical (unpaired) electrons. The lowest BCUT2D eigenvalue weighted by Gasteiger charge is -2.25. The molecular weight excluding hydrogens is 232 g/mol. The van der Waals surface area contributed by atoms with Gasteiger partial charge in [0.05, 0.1) is 6.61 Å². The second kappa shape index (κ2) is 6.42. The molecule has 2 heteroatoms. The van der Waals surface area contributed by atoms with Gasteiger partial charge in [-0.05, 0) is 30.2 Å². The van der Waals surface area contributed by atoms with Crippen LogP contribution in [0, 0.1) is 5.41 Å². The summed E-state index contributed by atoms with van der Waals surface area (Å²) in [6.07, 6.45) is 6.36. The average molecular weight is 253 g/mol.